The first-order valence-corrected chi connectivity index (χ1v) is 9.19. The number of benzene rings is 3. The number of rotatable bonds is 6. The normalized spacial score (nSPS) is 12.1. The van der Waals surface area contributed by atoms with Gasteiger partial charge in [-0.25, -0.2) is 4.39 Å². The summed E-state index contributed by atoms with van der Waals surface area (Å²) in [7, 11) is 0. The number of halogens is 2. The van der Waals surface area contributed by atoms with Crippen LogP contribution in [0.5, 0.6) is 0 Å². The maximum absolute atomic E-state index is 13.4. The lowest BCUT2D eigenvalue weighted by Crippen LogP contribution is -2.22. The molecule has 4 nitrogen and oxygen atoms in total. The van der Waals surface area contributed by atoms with Crippen LogP contribution in [-0.4, -0.2) is 10.2 Å². The fraction of sp³-hybridized carbons (Fsp3) is 0.0909. The van der Waals surface area contributed by atoms with E-state index in [0.29, 0.717) is 23.3 Å². The Bertz CT molecular complexity index is 1050. The van der Waals surface area contributed by atoms with Crippen LogP contribution in [0.4, 0.5) is 4.39 Å². The first-order chi connectivity index (χ1) is 13.7. The van der Waals surface area contributed by atoms with E-state index in [1.807, 2.05) is 54.6 Å². The van der Waals surface area contributed by atoms with Gasteiger partial charge in [0.2, 0.25) is 11.8 Å². The highest BCUT2D eigenvalue weighted by Crippen LogP contribution is 2.26. The summed E-state index contributed by atoms with van der Waals surface area (Å²) in [5.74, 6) is 0.531. The average molecular weight is 394 g/mol. The van der Waals surface area contributed by atoms with Gasteiger partial charge < -0.3 is 4.42 Å². The Morgan fingerprint density at radius 3 is 2.36 bits per heavy atom. The SMILES string of the molecule is Fc1ccc([C@H](NCc2ccccc2Cl)c2nnc(-c3ccccc3)o2)cc1. The quantitative estimate of drug-likeness (QED) is 0.476. The van der Waals surface area contributed by atoms with E-state index in [4.69, 9.17) is 16.0 Å². The second-order valence-electron chi connectivity index (χ2n) is 6.27. The molecule has 0 amide bonds. The average Bonchev–Trinajstić information content (AvgIpc) is 3.21. The minimum absolute atomic E-state index is 0.302. The number of hydrogen-bond donors (Lipinski definition) is 1. The summed E-state index contributed by atoms with van der Waals surface area (Å²) in [4.78, 5) is 0. The van der Waals surface area contributed by atoms with Crippen LogP contribution in [0.1, 0.15) is 23.1 Å². The highest BCUT2D eigenvalue weighted by molar-refractivity contribution is 6.31. The maximum Gasteiger partial charge on any atom is 0.247 e. The number of nitrogens with zero attached hydrogens (tertiary/aromatic N) is 2. The first-order valence-electron chi connectivity index (χ1n) is 8.82. The zero-order valence-corrected chi connectivity index (χ0v) is 15.6. The van der Waals surface area contributed by atoms with E-state index in [-0.39, 0.29) is 5.82 Å². The molecule has 1 heterocycles. The van der Waals surface area contributed by atoms with Crippen LogP contribution >= 0.6 is 11.6 Å². The summed E-state index contributed by atoms with van der Waals surface area (Å²) in [6.07, 6.45) is 0. The lowest BCUT2D eigenvalue weighted by molar-refractivity contribution is 0.437. The molecule has 6 heteroatoms. The van der Waals surface area contributed by atoms with Crippen molar-refractivity contribution >= 4 is 11.6 Å². The van der Waals surface area contributed by atoms with Crippen molar-refractivity contribution in [1.82, 2.24) is 15.5 Å². The molecule has 0 radical (unpaired) electrons. The molecule has 140 valence electrons. The molecule has 0 unspecified atom stereocenters. The monoisotopic (exact) mass is 393 g/mol. The third kappa shape index (κ3) is 4.11. The van der Waals surface area contributed by atoms with Crippen LogP contribution in [-0.2, 0) is 6.54 Å². The Balaban J connectivity index is 1.64. The molecular formula is C22H17ClFN3O. The van der Waals surface area contributed by atoms with Crippen molar-refractivity contribution in [2.75, 3.05) is 0 Å². The fourth-order valence-corrected chi connectivity index (χ4v) is 3.11. The Labute approximate surface area is 167 Å². The summed E-state index contributed by atoms with van der Waals surface area (Å²) in [6, 6.07) is 23.0. The molecule has 1 aromatic heterocycles. The molecule has 0 saturated carbocycles. The molecule has 0 aliphatic heterocycles. The zero-order valence-electron chi connectivity index (χ0n) is 14.8. The Morgan fingerprint density at radius 2 is 1.61 bits per heavy atom. The third-order valence-corrected chi connectivity index (χ3v) is 4.73. The highest BCUT2D eigenvalue weighted by Gasteiger charge is 2.21. The van der Waals surface area contributed by atoms with Gasteiger partial charge in [0.05, 0.1) is 0 Å². The van der Waals surface area contributed by atoms with Gasteiger partial charge in [0, 0.05) is 17.1 Å². The smallest absolute Gasteiger partial charge is 0.247 e. The lowest BCUT2D eigenvalue weighted by atomic mass is 10.1. The van der Waals surface area contributed by atoms with Crippen LogP contribution in [0.3, 0.4) is 0 Å². The predicted octanol–water partition coefficient (Wildman–Crippen LogP) is 5.41. The van der Waals surface area contributed by atoms with E-state index < -0.39 is 6.04 Å². The van der Waals surface area contributed by atoms with Crippen molar-refractivity contribution in [2.45, 2.75) is 12.6 Å². The number of nitrogens with one attached hydrogen (secondary N) is 1. The van der Waals surface area contributed by atoms with Crippen LogP contribution < -0.4 is 5.32 Å². The van der Waals surface area contributed by atoms with E-state index in [1.165, 1.54) is 12.1 Å². The van der Waals surface area contributed by atoms with Crippen LogP contribution in [0.25, 0.3) is 11.5 Å². The molecule has 4 rings (SSSR count). The predicted molar refractivity (Wildman–Crippen MR) is 106 cm³/mol. The zero-order chi connectivity index (χ0) is 19.3. The molecule has 0 bridgehead atoms. The highest BCUT2D eigenvalue weighted by atomic mass is 35.5. The number of aromatic nitrogens is 2. The molecule has 28 heavy (non-hydrogen) atoms. The van der Waals surface area contributed by atoms with Gasteiger partial charge in [-0.1, -0.05) is 60.1 Å². The molecule has 1 atom stereocenters. The summed E-state index contributed by atoms with van der Waals surface area (Å²) in [6.45, 7) is 0.491. The van der Waals surface area contributed by atoms with Crippen LogP contribution in [0, 0.1) is 5.82 Å². The molecule has 3 aromatic carbocycles. The Kier molecular flexibility index (Phi) is 5.46. The standard InChI is InChI=1S/C22H17ClFN3O/c23-19-9-5-4-8-17(19)14-25-20(15-10-12-18(24)13-11-15)22-27-26-21(28-22)16-6-2-1-3-7-16/h1-13,20,25H,14H2/t20-/m0/s1. The van der Waals surface area contributed by atoms with Gasteiger partial charge in [-0.15, -0.1) is 10.2 Å². The topological polar surface area (TPSA) is 51.0 Å². The lowest BCUT2D eigenvalue weighted by Gasteiger charge is -2.16. The first kappa shape index (κ1) is 18.3. The van der Waals surface area contributed by atoms with E-state index in [2.05, 4.69) is 15.5 Å². The van der Waals surface area contributed by atoms with E-state index in [9.17, 15) is 4.39 Å². The van der Waals surface area contributed by atoms with Crippen molar-refractivity contribution in [2.24, 2.45) is 0 Å². The second-order valence-corrected chi connectivity index (χ2v) is 6.68. The van der Waals surface area contributed by atoms with Crippen molar-refractivity contribution in [3.05, 3.63) is 107 Å². The number of hydrogen-bond acceptors (Lipinski definition) is 4. The van der Waals surface area contributed by atoms with Gasteiger partial charge in [0.25, 0.3) is 0 Å². The third-order valence-electron chi connectivity index (χ3n) is 4.37. The maximum atomic E-state index is 13.4. The largest absolute Gasteiger partial charge is 0.419 e. The van der Waals surface area contributed by atoms with Gasteiger partial charge in [0.1, 0.15) is 11.9 Å². The fourth-order valence-electron chi connectivity index (χ4n) is 2.91. The van der Waals surface area contributed by atoms with Gasteiger partial charge in [-0.2, -0.15) is 0 Å². The van der Waals surface area contributed by atoms with Gasteiger partial charge >= 0.3 is 0 Å². The van der Waals surface area contributed by atoms with E-state index >= 15 is 0 Å². The van der Waals surface area contributed by atoms with Crippen LogP contribution in [0.15, 0.2) is 83.3 Å². The van der Waals surface area contributed by atoms with E-state index in [0.717, 1.165) is 16.7 Å². The van der Waals surface area contributed by atoms with Crippen molar-refractivity contribution < 1.29 is 8.81 Å². The molecule has 0 spiro atoms. The molecule has 4 aromatic rings. The van der Waals surface area contributed by atoms with E-state index in [1.54, 1.807) is 12.1 Å². The molecule has 0 aliphatic rings. The second kappa shape index (κ2) is 8.33. The van der Waals surface area contributed by atoms with Crippen molar-refractivity contribution in [3.8, 4) is 11.5 Å². The van der Waals surface area contributed by atoms with Crippen molar-refractivity contribution in [1.29, 1.82) is 0 Å². The summed E-state index contributed by atoms with van der Waals surface area (Å²) >= 11 is 6.26. The summed E-state index contributed by atoms with van der Waals surface area (Å²) in [5, 5.41) is 12.4. The molecule has 0 aliphatic carbocycles. The van der Waals surface area contributed by atoms with Gasteiger partial charge in [-0.05, 0) is 41.5 Å². The molecule has 1 N–H and O–H groups in total. The molecule has 0 fully saturated rings. The minimum Gasteiger partial charge on any atom is -0.419 e. The minimum atomic E-state index is -0.401. The van der Waals surface area contributed by atoms with Gasteiger partial charge in [0.15, 0.2) is 0 Å². The van der Waals surface area contributed by atoms with Crippen molar-refractivity contribution in [3.63, 3.8) is 0 Å². The Hall–Kier alpha value is -3.02. The van der Waals surface area contributed by atoms with Crippen LogP contribution in [0.2, 0.25) is 5.02 Å². The van der Waals surface area contributed by atoms with Gasteiger partial charge in [-0.3, -0.25) is 5.32 Å². The Morgan fingerprint density at radius 1 is 0.893 bits per heavy atom. The molecule has 0 saturated heterocycles. The molecular weight excluding hydrogens is 377 g/mol. The summed E-state index contributed by atoms with van der Waals surface area (Å²) in [5.41, 5.74) is 2.60. The summed E-state index contributed by atoms with van der Waals surface area (Å²) < 4.78 is 19.3.